The number of unbranched alkanes of at least 4 members (excludes halogenated alkanes) is 1. The minimum absolute atomic E-state index is 0.166. The molecule has 2 rings (SSSR count). The van der Waals surface area contributed by atoms with Crippen LogP contribution in [0, 0.1) is 5.82 Å². The molecule has 0 unspecified atom stereocenters. The third kappa shape index (κ3) is 4.24. The fourth-order valence-electron chi connectivity index (χ4n) is 2.02. The maximum atomic E-state index is 13.1. The molecular formula is C17H19ClFN. The van der Waals surface area contributed by atoms with Gasteiger partial charge in [0.25, 0.3) is 0 Å². The zero-order valence-electron chi connectivity index (χ0n) is 11.6. The molecule has 0 atom stereocenters. The lowest BCUT2D eigenvalue weighted by Gasteiger charge is -2.08. The van der Waals surface area contributed by atoms with E-state index in [-0.39, 0.29) is 10.8 Å². The number of hydrogen-bond donors (Lipinski definition) is 1. The molecule has 1 N–H and O–H groups in total. The first-order chi connectivity index (χ1) is 9.69. The van der Waals surface area contributed by atoms with E-state index in [9.17, 15) is 4.39 Å². The molecule has 0 amide bonds. The van der Waals surface area contributed by atoms with Gasteiger partial charge in [0.2, 0.25) is 0 Å². The van der Waals surface area contributed by atoms with Crippen molar-refractivity contribution in [2.24, 2.45) is 0 Å². The fourth-order valence-corrected chi connectivity index (χ4v) is 2.23. The lowest BCUT2D eigenvalue weighted by molar-refractivity contribution is 0.627. The monoisotopic (exact) mass is 291 g/mol. The van der Waals surface area contributed by atoms with E-state index in [0.717, 1.165) is 17.7 Å². The molecule has 1 nitrogen and oxygen atoms in total. The van der Waals surface area contributed by atoms with Gasteiger partial charge in [-0.3, -0.25) is 0 Å². The molecule has 0 aliphatic rings. The Morgan fingerprint density at radius 2 is 1.75 bits per heavy atom. The lowest BCUT2D eigenvalue weighted by Crippen LogP contribution is -1.99. The molecule has 0 heterocycles. The van der Waals surface area contributed by atoms with Crippen LogP contribution >= 0.6 is 11.6 Å². The van der Waals surface area contributed by atoms with Gasteiger partial charge in [0.15, 0.2) is 0 Å². The van der Waals surface area contributed by atoms with Crippen LogP contribution in [0.5, 0.6) is 0 Å². The van der Waals surface area contributed by atoms with Gasteiger partial charge in [-0.15, -0.1) is 0 Å². The van der Waals surface area contributed by atoms with Gasteiger partial charge in [-0.2, -0.15) is 0 Å². The molecule has 0 aliphatic carbocycles. The second kappa shape index (κ2) is 7.30. The molecule has 3 heteroatoms. The number of rotatable bonds is 6. The Morgan fingerprint density at radius 1 is 1.05 bits per heavy atom. The van der Waals surface area contributed by atoms with E-state index < -0.39 is 0 Å². The second-order valence-corrected chi connectivity index (χ2v) is 5.31. The number of aryl methyl sites for hydroxylation is 1. The molecule has 0 radical (unpaired) electrons. The number of benzene rings is 2. The Labute approximate surface area is 124 Å². The zero-order chi connectivity index (χ0) is 14.4. The van der Waals surface area contributed by atoms with Crippen LogP contribution in [0.1, 0.15) is 30.9 Å². The third-order valence-corrected chi connectivity index (χ3v) is 3.54. The summed E-state index contributed by atoms with van der Waals surface area (Å²) in [5, 5.41) is 3.48. The molecule has 0 saturated carbocycles. The third-order valence-electron chi connectivity index (χ3n) is 3.25. The second-order valence-electron chi connectivity index (χ2n) is 4.90. The molecular weight excluding hydrogens is 273 g/mol. The van der Waals surface area contributed by atoms with Gasteiger partial charge in [0.05, 0.1) is 5.02 Å². The van der Waals surface area contributed by atoms with Crippen LogP contribution in [-0.4, -0.2) is 0 Å². The molecule has 0 aliphatic heterocycles. The Morgan fingerprint density at radius 3 is 2.40 bits per heavy atom. The van der Waals surface area contributed by atoms with E-state index in [0.29, 0.717) is 6.54 Å². The van der Waals surface area contributed by atoms with Gasteiger partial charge in [-0.1, -0.05) is 43.1 Å². The van der Waals surface area contributed by atoms with Crippen molar-refractivity contribution >= 4 is 17.3 Å². The van der Waals surface area contributed by atoms with Crippen molar-refractivity contribution in [3.63, 3.8) is 0 Å². The highest BCUT2D eigenvalue weighted by Gasteiger charge is 2.01. The molecule has 20 heavy (non-hydrogen) atoms. The standard InChI is InChI=1S/C17H19ClFN/c1-2-3-4-13-5-8-15(9-6-13)20-12-14-7-10-17(19)16(18)11-14/h5-11,20H,2-4,12H2,1H3. The van der Waals surface area contributed by atoms with Gasteiger partial charge in [-0.05, 0) is 48.2 Å². The number of nitrogens with one attached hydrogen (secondary N) is 1. The predicted molar refractivity (Wildman–Crippen MR) is 83.8 cm³/mol. The minimum Gasteiger partial charge on any atom is -0.381 e. The normalized spacial score (nSPS) is 10.6. The summed E-state index contributed by atoms with van der Waals surface area (Å²) in [6, 6.07) is 13.2. The summed E-state index contributed by atoms with van der Waals surface area (Å²) in [5.74, 6) is -0.379. The first kappa shape index (κ1) is 14.9. The van der Waals surface area contributed by atoms with Crippen LogP contribution < -0.4 is 5.32 Å². The summed E-state index contributed by atoms with van der Waals surface area (Å²) in [7, 11) is 0. The highest BCUT2D eigenvalue weighted by Crippen LogP contribution is 2.18. The highest BCUT2D eigenvalue weighted by molar-refractivity contribution is 6.30. The quantitative estimate of drug-likeness (QED) is 0.748. The van der Waals surface area contributed by atoms with Gasteiger partial charge in [0.1, 0.15) is 5.82 Å². The SMILES string of the molecule is CCCCc1ccc(NCc2ccc(F)c(Cl)c2)cc1. The zero-order valence-corrected chi connectivity index (χ0v) is 12.4. The van der Waals surface area contributed by atoms with Crippen molar-refractivity contribution < 1.29 is 4.39 Å². The molecule has 2 aromatic carbocycles. The van der Waals surface area contributed by atoms with Gasteiger partial charge in [-0.25, -0.2) is 4.39 Å². The van der Waals surface area contributed by atoms with Crippen LogP contribution in [0.15, 0.2) is 42.5 Å². The summed E-state index contributed by atoms with van der Waals surface area (Å²) in [6.45, 7) is 2.83. The summed E-state index contributed by atoms with van der Waals surface area (Å²) < 4.78 is 13.1. The molecule has 0 fully saturated rings. The number of hydrogen-bond acceptors (Lipinski definition) is 1. The van der Waals surface area contributed by atoms with Crippen molar-refractivity contribution in [2.45, 2.75) is 32.7 Å². The maximum absolute atomic E-state index is 13.1. The number of halogens is 2. The average Bonchev–Trinajstić information content (AvgIpc) is 2.47. The molecule has 0 bridgehead atoms. The molecule has 0 spiro atoms. The predicted octanol–water partition coefficient (Wildman–Crippen LogP) is 5.43. The summed E-state index contributed by atoms with van der Waals surface area (Å²) >= 11 is 5.76. The van der Waals surface area contributed by atoms with E-state index in [1.807, 2.05) is 0 Å². The molecule has 0 saturated heterocycles. The topological polar surface area (TPSA) is 12.0 Å². The van der Waals surface area contributed by atoms with Crippen molar-refractivity contribution in [3.05, 3.63) is 64.4 Å². The summed E-state index contributed by atoms with van der Waals surface area (Å²) in [4.78, 5) is 0. The fraction of sp³-hybridized carbons (Fsp3) is 0.294. The van der Waals surface area contributed by atoms with E-state index in [4.69, 9.17) is 11.6 Å². The van der Waals surface area contributed by atoms with Gasteiger partial charge < -0.3 is 5.32 Å². The van der Waals surface area contributed by atoms with Crippen molar-refractivity contribution in [1.82, 2.24) is 0 Å². The van der Waals surface area contributed by atoms with Crippen molar-refractivity contribution in [1.29, 1.82) is 0 Å². The van der Waals surface area contributed by atoms with Gasteiger partial charge in [0, 0.05) is 12.2 Å². The largest absolute Gasteiger partial charge is 0.381 e. The Kier molecular flexibility index (Phi) is 5.42. The first-order valence-corrected chi connectivity index (χ1v) is 7.33. The average molecular weight is 292 g/mol. The summed E-state index contributed by atoms with van der Waals surface area (Å²) in [5.41, 5.74) is 3.39. The highest BCUT2D eigenvalue weighted by atomic mass is 35.5. The molecule has 2 aromatic rings. The number of anilines is 1. The maximum Gasteiger partial charge on any atom is 0.141 e. The van der Waals surface area contributed by atoms with Crippen molar-refractivity contribution in [2.75, 3.05) is 5.32 Å². The van der Waals surface area contributed by atoms with E-state index in [2.05, 4.69) is 36.5 Å². The lowest BCUT2D eigenvalue weighted by atomic mass is 10.1. The van der Waals surface area contributed by atoms with Crippen LogP contribution in [0.3, 0.4) is 0 Å². The van der Waals surface area contributed by atoms with Crippen LogP contribution in [0.25, 0.3) is 0 Å². The van der Waals surface area contributed by atoms with Gasteiger partial charge >= 0.3 is 0 Å². The first-order valence-electron chi connectivity index (χ1n) is 6.96. The molecule has 0 aromatic heterocycles. The van der Waals surface area contributed by atoms with E-state index in [1.165, 1.54) is 24.5 Å². The minimum atomic E-state index is -0.379. The Bertz CT molecular complexity index is 551. The van der Waals surface area contributed by atoms with E-state index in [1.54, 1.807) is 12.1 Å². The smallest absolute Gasteiger partial charge is 0.141 e. The Hall–Kier alpha value is -1.54. The van der Waals surface area contributed by atoms with Crippen LogP contribution in [-0.2, 0) is 13.0 Å². The summed E-state index contributed by atoms with van der Waals surface area (Å²) in [6.07, 6.45) is 3.57. The van der Waals surface area contributed by atoms with Crippen molar-refractivity contribution in [3.8, 4) is 0 Å². The van der Waals surface area contributed by atoms with Crippen LogP contribution in [0.4, 0.5) is 10.1 Å². The van der Waals surface area contributed by atoms with E-state index >= 15 is 0 Å². The van der Waals surface area contributed by atoms with Crippen LogP contribution in [0.2, 0.25) is 5.02 Å². The molecule has 106 valence electrons. The Balaban J connectivity index is 1.91.